The van der Waals surface area contributed by atoms with Crippen LogP contribution < -0.4 is 10.6 Å². The number of carbonyl (C=O) groups excluding carboxylic acids is 1. The lowest BCUT2D eigenvalue weighted by atomic mass is 9.93. The van der Waals surface area contributed by atoms with Gasteiger partial charge in [-0.05, 0) is 42.8 Å². The minimum Gasteiger partial charge on any atom is -0.316 e. The maximum absolute atomic E-state index is 12.7. The summed E-state index contributed by atoms with van der Waals surface area (Å²) in [4.78, 5) is 22.2. The molecule has 0 bridgehead atoms. The highest BCUT2D eigenvalue weighted by Crippen LogP contribution is 2.30. The fourth-order valence-electron chi connectivity index (χ4n) is 2.24. The Morgan fingerprint density at radius 3 is 2.30 bits per heavy atom. The Kier molecular flexibility index (Phi) is 5.35. The molecular formula is C17H13F3N4O3. The number of anilines is 1. The number of benzene rings is 2. The van der Waals surface area contributed by atoms with Gasteiger partial charge in [-0.3, -0.25) is 10.1 Å². The maximum Gasteiger partial charge on any atom is 0.416 e. The third-order valence-electron chi connectivity index (χ3n) is 3.69. The van der Waals surface area contributed by atoms with Gasteiger partial charge >= 0.3 is 12.2 Å². The molecule has 10 heteroatoms. The van der Waals surface area contributed by atoms with Crippen LogP contribution in [0.25, 0.3) is 0 Å². The van der Waals surface area contributed by atoms with Crippen LogP contribution in [0.3, 0.4) is 0 Å². The average Bonchev–Trinajstić information content (AvgIpc) is 2.61. The van der Waals surface area contributed by atoms with Crippen molar-refractivity contribution in [1.29, 1.82) is 5.26 Å². The van der Waals surface area contributed by atoms with E-state index < -0.39 is 28.2 Å². The first-order chi connectivity index (χ1) is 12.5. The molecule has 0 aliphatic rings. The lowest BCUT2D eigenvalue weighted by Crippen LogP contribution is -2.44. The minimum absolute atomic E-state index is 0.105. The fourth-order valence-corrected chi connectivity index (χ4v) is 2.24. The molecule has 7 nitrogen and oxygen atoms in total. The molecule has 2 aromatic rings. The first kappa shape index (κ1) is 19.7. The fraction of sp³-hybridized carbons (Fsp3) is 0.176. The maximum atomic E-state index is 12.7. The summed E-state index contributed by atoms with van der Waals surface area (Å²) in [6, 6.07) is 9.97. The van der Waals surface area contributed by atoms with Crippen molar-refractivity contribution < 1.29 is 22.9 Å². The second kappa shape index (κ2) is 7.33. The first-order valence-electron chi connectivity index (χ1n) is 7.48. The number of nitro benzene ring substituents is 1. The molecule has 0 fully saturated rings. The summed E-state index contributed by atoms with van der Waals surface area (Å²) in [5.74, 6) is 0. The van der Waals surface area contributed by atoms with Crippen LogP contribution in [-0.4, -0.2) is 11.0 Å². The summed E-state index contributed by atoms with van der Waals surface area (Å²) in [7, 11) is 0. The van der Waals surface area contributed by atoms with Gasteiger partial charge in [0.2, 0.25) is 0 Å². The standard InChI is InChI=1S/C17H13F3N4O3/c1-16(10-21,11-5-7-14(8-6-11)24(26)27)23-15(25)22-13-4-2-3-12(9-13)17(18,19)20/h2-9H,1H3,(H2,22,23,25). The van der Waals surface area contributed by atoms with E-state index >= 15 is 0 Å². The number of halogens is 3. The molecule has 1 unspecified atom stereocenters. The highest BCUT2D eigenvalue weighted by molar-refractivity contribution is 5.90. The van der Waals surface area contributed by atoms with E-state index in [0.717, 1.165) is 18.2 Å². The van der Waals surface area contributed by atoms with Crippen molar-refractivity contribution in [2.75, 3.05) is 5.32 Å². The molecule has 0 radical (unpaired) electrons. The number of nitro groups is 1. The van der Waals surface area contributed by atoms with Crippen molar-refractivity contribution in [3.05, 3.63) is 69.8 Å². The lowest BCUT2D eigenvalue weighted by molar-refractivity contribution is -0.384. The molecule has 140 valence electrons. The van der Waals surface area contributed by atoms with Gasteiger partial charge in [-0.25, -0.2) is 4.79 Å². The Morgan fingerprint density at radius 2 is 1.78 bits per heavy atom. The molecule has 0 aromatic heterocycles. The number of carbonyl (C=O) groups is 1. The minimum atomic E-state index is -4.56. The van der Waals surface area contributed by atoms with Gasteiger partial charge in [-0.2, -0.15) is 18.4 Å². The molecule has 0 spiro atoms. The lowest BCUT2D eigenvalue weighted by Gasteiger charge is -2.24. The van der Waals surface area contributed by atoms with E-state index in [0.29, 0.717) is 0 Å². The normalized spacial score (nSPS) is 13.1. The molecule has 2 rings (SSSR count). The van der Waals surface area contributed by atoms with E-state index in [-0.39, 0.29) is 16.9 Å². The second-order valence-corrected chi connectivity index (χ2v) is 5.70. The largest absolute Gasteiger partial charge is 0.416 e. The molecule has 2 aromatic carbocycles. The van der Waals surface area contributed by atoms with Crippen LogP contribution in [0.1, 0.15) is 18.1 Å². The molecule has 2 amide bonds. The molecule has 0 heterocycles. The number of non-ortho nitro benzene ring substituents is 1. The summed E-state index contributed by atoms with van der Waals surface area (Å²) in [5.41, 5.74) is -2.51. The van der Waals surface area contributed by atoms with Gasteiger partial charge < -0.3 is 10.6 Å². The zero-order valence-corrected chi connectivity index (χ0v) is 13.9. The van der Waals surface area contributed by atoms with E-state index in [1.54, 1.807) is 0 Å². The monoisotopic (exact) mass is 378 g/mol. The second-order valence-electron chi connectivity index (χ2n) is 5.70. The molecule has 0 aliphatic carbocycles. The number of hydrogen-bond donors (Lipinski definition) is 2. The Morgan fingerprint density at radius 1 is 1.15 bits per heavy atom. The van der Waals surface area contributed by atoms with E-state index in [2.05, 4.69) is 10.6 Å². The Labute approximate surface area is 151 Å². The number of nitrogens with zero attached hydrogens (tertiary/aromatic N) is 2. The highest BCUT2D eigenvalue weighted by Gasteiger charge is 2.31. The van der Waals surface area contributed by atoms with E-state index in [1.807, 2.05) is 6.07 Å². The van der Waals surface area contributed by atoms with Crippen LogP contribution >= 0.6 is 0 Å². The van der Waals surface area contributed by atoms with Crippen LogP contribution in [0.2, 0.25) is 0 Å². The van der Waals surface area contributed by atoms with Crippen molar-refractivity contribution in [2.24, 2.45) is 0 Å². The molecule has 0 saturated carbocycles. The summed E-state index contributed by atoms with van der Waals surface area (Å²) < 4.78 is 38.2. The average molecular weight is 378 g/mol. The number of nitrogens with one attached hydrogen (secondary N) is 2. The van der Waals surface area contributed by atoms with Crippen molar-refractivity contribution >= 4 is 17.4 Å². The predicted molar refractivity (Wildman–Crippen MR) is 89.7 cm³/mol. The summed E-state index contributed by atoms with van der Waals surface area (Å²) in [6.45, 7) is 1.36. The van der Waals surface area contributed by atoms with Gasteiger partial charge in [-0.1, -0.05) is 6.07 Å². The first-order valence-corrected chi connectivity index (χ1v) is 7.48. The molecule has 1 atom stereocenters. The van der Waals surface area contributed by atoms with E-state index in [4.69, 9.17) is 0 Å². The summed E-state index contributed by atoms with van der Waals surface area (Å²) >= 11 is 0. The van der Waals surface area contributed by atoms with Crippen molar-refractivity contribution in [3.8, 4) is 6.07 Å². The smallest absolute Gasteiger partial charge is 0.316 e. The van der Waals surface area contributed by atoms with Crippen LogP contribution in [0, 0.1) is 21.4 Å². The van der Waals surface area contributed by atoms with Gasteiger partial charge in [0.1, 0.15) is 0 Å². The SMILES string of the molecule is CC(C#N)(NC(=O)Nc1cccc(C(F)(F)F)c1)c1ccc([N+](=O)[O-])cc1. The molecule has 2 N–H and O–H groups in total. The number of alkyl halides is 3. The van der Waals surface area contributed by atoms with Gasteiger partial charge in [0.15, 0.2) is 5.54 Å². The van der Waals surface area contributed by atoms with Gasteiger partial charge in [0.05, 0.1) is 16.6 Å². The number of hydrogen-bond acceptors (Lipinski definition) is 4. The van der Waals surface area contributed by atoms with E-state index in [9.17, 15) is 33.3 Å². The van der Waals surface area contributed by atoms with Gasteiger partial charge in [0.25, 0.3) is 5.69 Å². The van der Waals surface area contributed by atoms with Crippen LogP contribution in [-0.2, 0) is 11.7 Å². The van der Waals surface area contributed by atoms with Gasteiger partial charge in [-0.15, -0.1) is 0 Å². The summed E-state index contributed by atoms with van der Waals surface area (Å²) in [5, 5.41) is 24.7. The van der Waals surface area contributed by atoms with Crippen molar-refractivity contribution in [2.45, 2.75) is 18.6 Å². The van der Waals surface area contributed by atoms with Crippen molar-refractivity contribution in [3.63, 3.8) is 0 Å². The predicted octanol–water partition coefficient (Wildman–Crippen LogP) is 4.17. The Bertz CT molecular complexity index is 907. The molecule has 27 heavy (non-hydrogen) atoms. The number of nitriles is 1. The number of amides is 2. The van der Waals surface area contributed by atoms with Crippen LogP contribution in [0.15, 0.2) is 48.5 Å². The zero-order valence-electron chi connectivity index (χ0n) is 13.9. The zero-order chi connectivity index (χ0) is 20.2. The Hall–Kier alpha value is -3.61. The quantitative estimate of drug-likeness (QED) is 0.615. The molecule has 0 aliphatic heterocycles. The summed E-state index contributed by atoms with van der Waals surface area (Å²) in [6.07, 6.45) is -4.56. The topological polar surface area (TPSA) is 108 Å². The van der Waals surface area contributed by atoms with Crippen LogP contribution in [0.5, 0.6) is 0 Å². The Balaban J connectivity index is 2.17. The van der Waals surface area contributed by atoms with Crippen molar-refractivity contribution in [1.82, 2.24) is 5.32 Å². The molecular weight excluding hydrogens is 365 g/mol. The third-order valence-corrected chi connectivity index (χ3v) is 3.69. The molecule has 0 saturated heterocycles. The highest BCUT2D eigenvalue weighted by atomic mass is 19.4. The number of rotatable bonds is 4. The van der Waals surface area contributed by atoms with Crippen LogP contribution in [0.4, 0.5) is 29.3 Å². The number of urea groups is 1. The third kappa shape index (κ3) is 4.72. The van der Waals surface area contributed by atoms with E-state index in [1.165, 1.54) is 37.3 Å². The van der Waals surface area contributed by atoms with Gasteiger partial charge in [0, 0.05) is 17.8 Å².